The molecule has 0 atom stereocenters. The molecule has 253 valence electrons. The topological polar surface area (TPSA) is 186 Å². The fourth-order valence-corrected chi connectivity index (χ4v) is 2.60. The molecule has 2 aromatic heterocycles. The molecule has 2 aromatic carbocycles. The number of aromatic amines is 2. The average molecular weight is 716 g/mol. The van der Waals surface area contributed by atoms with E-state index in [1.54, 1.807) is 24.3 Å². The molecule has 0 unspecified atom stereocenters. The number of hydrogen-bond acceptors (Lipinski definition) is 8. The number of H-pyrrole nitrogens is 2. The maximum atomic E-state index is 11.8. The number of alkyl halides is 6. The summed E-state index contributed by atoms with van der Waals surface area (Å²) in [6, 6.07) is 20.3. The molecule has 0 spiro atoms. The van der Waals surface area contributed by atoms with E-state index in [2.05, 4.69) is 9.97 Å². The molecule has 17 heteroatoms. The number of carbonyl (C=O) groups is 2. The second-order valence-corrected chi connectivity index (χ2v) is 8.24. The Balaban J connectivity index is 0.000000620. The van der Waals surface area contributed by atoms with Crippen molar-refractivity contribution >= 4 is 11.6 Å². The molecular weight excluding hydrogens is 694 g/mol. The Bertz CT molecular complexity index is 1610. The van der Waals surface area contributed by atoms with Crippen molar-refractivity contribution in [3.63, 3.8) is 0 Å². The minimum atomic E-state index is -5.00. The molecule has 10 nitrogen and oxygen atoms in total. The van der Waals surface area contributed by atoms with Crippen molar-refractivity contribution in [3.05, 3.63) is 153 Å². The monoisotopic (exact) mass is 715 g/mol. The minimum absolute atomic E-state index is 0. The third kappa shape index (κ3) is 16.4. The number of ketones is 2. The van der Waals surface area contributed by atoms with E-state index in [0.717, 1.165) is 0 Å². The van der Waals surface area contributed by atoms with Crippen LogP contribution in [0.2, 0.25) is 0 Å². The van der Waals surface area contributed by atoms with Gasteiger partial charge >= 0.3 is 29.4 Å². The fourth-order valence-electron chi connectivity index (χ4n) is 2.60. The van der Waals surface area contributed by atoms with E-state index >= 15 is 0 Å². The summed E-state index contributed by atoms with van der Waals surface area (Å²) >= 11 is 0. The molecule has 1 radical (unpaired) electrons. The average Bonchev–Trinajstić information content (AvgIpc) is 3.01. The third-order valence-electron chi connectivity index (χ3n) is 4.79. The van der Waals surface area contributed by atoms with Crippen LogP contribution in [0.3, 0.4) is 0 Å². The normalized spacial score (nSPS) is 11.1. The minimum Gasteiger partial charge on any atom is -0.869 e. The molecule has 0 amide bonds. The number of benzene rings is 2. The van der Waals surface area contributed by atoms with E-state index in [0.29, 0.717) is 0 Å². The first kappa shape index (κ1) is 41.5. The molecule has 0 aliphatic rings. The largest absolute Gasteiger partial charge is 2.00 e. The quantitative estimate of drug-likeness (QED) is 0.0813. The summed E-state index contributed by atoms with van der Waals surface area (Å²) in [6.45, 7) is 0. The van der Waals surface area contributed by atoms with Crippen molar-refractivity contribution in [3.8, 4) is 11.5 Å². The van der Waals surface area contributed by atoms with Gasteiger partial charge < -0.3 is 30.4 Å². The number of rotatable bonds is 4. The van der Waals surface area contributed by atoms with Gasteiger partial charge in [-0.25, -0.2) is 0 Å². The van der Waals surface area contributed by atoms with Crippen LogP contribution in [0.25, 0.3) is 0 Å². The van der Waals surface area contributed by atoms with Crippen LogP contribution in [0, 0.1) is 0 Å². The van der Waals surface area contributed by atoms with E-state index in [9.17, 15) is 55.7 Å². The van der Waals surface area contributed by atoms with Gasteiger partial charge in [0.2, 0.25) is 0 Å². The molecule has 0 fully saturated rings. The summed E-state index contributed by atoms with van der Waals surface area (Å²) < 4.78 is 70.8. The maximum absolute atomic E-state index is 11.8. The van der Waals surface area contributed by atoms with Gasteiger partial charge in [0.25, 0.3) is 11.1 Å². The number of hydrogen-bond donors (Lipinski definition) is 4. The number of pyridine rings is 2. The SMILES string of the molecule is O=C(/C=C(\[O-])C(F)(F)F)c1ccccc1.O=C(/C=C(\[O-])C(F)(F)F)c1ccccc1.O=c1[nH]cccc1O.O=c1[nH]cccc1O.[Cu+2]. The number of allylic oxidation sites excluding steroid dienone is 4. The van der Waals surface area contributed by atoms with Gasteiger partial charge in [0, 0.05) is 23.5 Å². The van der Waals surface area contributed by atoms with E-state index in [4.69, 9.17) is 10.2 Å². The first-order valence-electron chi connectivity index (χ1n) is 12.3. The summed E-state index contributed by atoms with van der Waals surface area (Å²) in [5, 5.41) is 38.0. The van der Waals surface area contributed by atoms with Crippen LogP contribution >= 0.6 is 0 Å². The van der Waals surface area contributed by atoms with Gasteiger partial charge in [-0.05, 0) is 47.9 Å². The zero-order valence-electron chi connectivity index (χ0n) is 23.3. The first-order valence-corrected chi connectivity index (χ1v) is 12.3. The van der Waals surface area contributed by atoms with Crippen molar-refractivity contribution in [2.45, 2.75) is 12.4 Å². The summed E-state index contributed by atoms with van der Waals surface area (Å²) in [4.78, 5) is 47.5. The van der Waals surface area contributed by atoms with E-state index in [1.807, 2.05) is 0 Å². The molecule has 47 heavy (non-hydrogen) atoms. The number of aromatic nitrogens is 2. The summed E-state index contributed by atoms with van der Waals surface area (Å²) in [5.41, 5.74) is -0.801. The molecule has 0 aliphatic heterocycles. The second kappa shape index (κ2) is 19.8. The van der Waals surface area contributed by atoms with Gasteiger partial charge in [0.05, 0.1) is 0 Å². The van der Waals surface area contributed by atoms with Gasteiger partial charge in [-0.1, -0.05) is 60.7 Å². The molecule has 4 rings (SSSR count). The van der Waals surface area contributed by atoms with Crippen LogP contribution < -0.4 is 21.3 Å². The van der Waals surface area contributed by atoms with Crippen molar-refractivity contribution in [2.24, 2.45) is 0 Å². The molecule has 4 N–H and O–H groups in total. The predicted molar refractivity (Wildman–Crippen MR) is 147 cm³/mol. The van der Waals surface area contributed by atoms with Crippen LogP contribution in [0.5, 0.6) is 11.5 Å². The Kier molecular flexibility index (Phi) is 17.4. The van der Waals surface area contributed by atoms with Gasteiger partial charge in [-0.2, -0.15) is 26.3 Å². The molecule has 2 heterocycles. The molecule has 0 aliphatic carbocycles. The zero-order valence-corrected chi connectivity index (χ0v) is 24.2. The van der Waals surface area contributed by atoms with Gasteiger partial charge in [0.1, 0.15) is 0 Å². The van der Waals surface area contributed by atoms with Crippen LogP contribution in [0.15, 0.2) is 131 Å². The Labute approximate surface area is 271 Å². The maximum Gasteiger partial charge on any atom is 2.00 e. The van der Waals surface area contributed by atoms with Gasteiger partial charge in [0.15, 0.2) is 23.1 Å². The van der Waals surface area contributed by atoms with Crippen molar-refractivity contribution < 1.29 is 73.4 Å². The number of aromatic hydroxyl groups is 2. The first-order chi connectivity index (χ1) is 21.4. The zero-order chi connectivity index (χ0) is 34.9. The molecule has 0 saturated heterocycles. The number of nitrogens with one attached hydrogen (secondary N) is 2. The van der Waals surface area contributed by atoms with E-state index in [1.165, 1.54) is 73.1 Å². The van der Waals surface area contributed by atoms with Crippen molar-refractivity contribution in [1.29, 1.82) is 0 Å². The second-order valence-electron chi connectivity index (χ2n) is 8.24. The Hall–Kier alpha value is -5.54. The molecular formula is C30H22CuF6N2O8. The Morgan fingerprint density at radius 2 is 0.872 bits per heavy atom. The van der Waals surface area contributed by atoms with Crippen molar-refractivity contribution in [1.82, 2.24) is 9.97 Å². The number of carbonyl (C=O) groups excluding carboxylic acids is 2. The smallest absolute Gasteiger partial charge is 0.869 e. The van der Waals surface area contributed by atoms with Gasteiger partial charge in [-0.3, -0.25) is 19.2 Å². The fraction of sp³-hybridized carbons (Fsp3) is 0.0667. The van der Waals surface area contributed by atoms with Gasteiger partial charge in [-0.15, -0.1) is 0 Å². The Morgan fingerprint density at radius 3 is 1.09 bits per heavy atom. The van der Waals surface area contributed by atoms with Crippen LogP contribution in [-0.4, -0.2) is 44.1 Å². The summed E-state index contributed by atoms with van der Waals surface area (Å²) in [7, 11) is 0. The standard InChI is InChI=1S/2C10H7F3O2.2C5H5NO2.Cu/c2*11-10(12,13)9(15)6-8(14)7-4-2-1-3-5-7;2*7-4-2-1-3-6-5(4)8;/h2*1-6,15H;2*1-3,7H,(H,6,8);/q;;;;+2/p-2/b2*9-6-;;;. The third-order valence-corrected chi connectivity index (χ3v) is 4.79. The Morgan fingerprint density at radius 1 is 0.574 bits per heavy atom. The predicted octanol–water partition coefficient (Wildman–Crippen LogP) is 3.51. The van der Waals surface area contributed by atoms with Crippen molar-refractivity contribution in [2.75, 3.05) is 0 Å². The molecule has 0 bridgehead atoms. The van der Waals surface area contributed by atoms with Crippen LogP contribution in [-0.2, 0) is 17.1 Å². The number of halogens is 6. The van der Waals surface area contributed by atoms with E-state index in [-0.39, 0.29) is 51.8 Å². The molecule has 4 aromatic rings. The summed E-state index contributed by atoms with van der Waals surface area (Å²) in [6.07, 6.45) is -6.97. The molecule has 0 saturated carbocycles. The van der Waals surface area contributed by atoms with Crippen LogP contribution in [0.1, 0.15) is 20.7 Å². The van der Waals surface area contributed by atoms with E-state index < -0.39 is 46.6 Å². The van der Waals surface area contributed by atoms with Crippen LogP contribution in [0.4, 0.5) is 26.3 Å². The summed E-state index contributed by atoms with van der Waals surface area (Å²) in [5.74, 6) is -6.66.